The zero-order valence-electron chi connectivity index (χ0n) is 9.10. The molecule has 1 aliphatic rings. The van der Waals surface area contributed by atoms with Gasteiger partial charge in [-0.15, -0.1) is 5.10 Å². The SMILES string of the molecule is Cc1cccc(C2(c3nnc(N)o3)CC2)c1. The molecule has 1 aromatic heterocycles. The summed E-state index contributed by atoms with van der Waals surface area (Å²) in [6, 6.07) is 8.58. The Morgan fingerprint density at radius 2 is 2.12 bits per heavy atom. The van der Waals surface area contributed by atoms with Crippen molar-refractivity contribution in [1.82, 2.24) is 10.2 Å². The van der Waals surface area contributed by atoms with Crippen LogP contribution in [0.5, 0.6) is 0 Å². The first kappa shape index (κ1) is 9.39. The van der Waals surface area contributed by atoms with Crippen LogP contribution >= 0.6 is 0 Å². The van der Waals surface area contributed by atoms with E-state index in [2.05, 4.69) is 41.4 Å². The molecule has 0 aliphatic heterocycles. The molecule has 4 nitrogen and oxygen atoms in total. The molecule has 0 spiro atoms. The van der Waals surface area contributed by atoms with Gasteiger partial charge in [-0.1, -0.05) is 34.9 Å². The fraction of sp³-hybridized carbons (Fsp3) is 0.333. The van der Waals surface area contributed by atoms with Gasteiger partial charge < -0.3 is 10.2 Å². The average molecular weight is 215 g/mol. The number of anilines is 1. The zero-order valence-corrected chi connectivity index (χ0v) is 9.10. The van der Waals surface area contributed by atoms with Gasteiger partial charge in [-0.3, -0.25) is 0 Å². The first-order valence-electron chi connectivity index (χ1n) is 5.37. The van der Waals surface area contributed by atoms with E-state index in [0.717, 1.165) is 12.8 Å². The van der Waals surface area contributed by atoms with Gasteiger partial charge in [0.05, 0.1) is 5.41 Å². The maximum Gasteiger partial charge on any atom is 0.312 e. The second-order valence-electron chi connectivity index (χ2n) is 4.40. The number of benzene rings is 1. The molecule has 2 aromatic rings. The summed E-state index contributed by atoms with van der Waals surface area (Å²) in [5.41, 5.74) is 7.89. The summed E-state index contributed by atoms with van der Waals surface area (Å²) in [5, 5.41) is 7.75. The van der Waals surface area contributed by atoms with Crippen LogP contribution in [0.25, 0.3) is 0 Å². The molecule has 82 valence electrons. The molecule has 1 aliphatic carbocycles. The molecule has 0 radical (unpaired) electrons. The fourth-order valence-corrected chi connectivity index (χ4v) is 2.12. The highest BCUT2D eigenvalue weighted by Crippen LogP contribution is 2.53. The maximum atomic E-state index is 5.47. The molecule has 1 saturated carbocycles. The number of aryl methyl sites for hydroxylation is 1. The topological polar surface area (TPSA) is 64.9 Å². The van der Waals surface area contributed by atoms with Gasteiger partial charge in [0, 0.05) is 0 Å². The van der Waals surface area contributed by atoms with E-state index in [0.29, 0.717) is 5.89 Å². The number of aromatic nitrogens is 2. The molecule has 0 saturated heterocycles. The van der Waals surface area contributed by atoms with Crippen LogP contribution in [0.1, 0.15) is 29.9 Å². The van der Waals surface area contributed by atoms with E-state index in [4.69, 9.17) is 10.2 Å². The lowest BCUT2D eigenvalue weighted by Crippen LogP contribution is -2.09. The van der Waals surface area contributed by atoms with Gasteiger partial charge in [0.2, 0.25) is 5.89 Å². The van der Waals surface area contributed by atoms with Crippen LogP contribution in [0, 0.1) is 6.92 Å². The van der Waals surface area contributed by atoms with Crippen molar-refractivity contribution >= 4 is 6.01 Å². The Balaban J connectivity index is 2.06. The second kappa shape index (κ2) is 3.07. The van der Waals surface area contributed by atoms with Crippen LogP contribution in [0.4, 0.5) is 6.01 Å². The Morgan fingerprint density at radius 3 is 2.69 bits per heavy atom. The number of nitrogen functional groups attached to an aromatic ring is 1. The van der Waals surface area contributed by atoms with Gasteiger partial charge in [0.1, 0.15) is 0 Å². The summed E-state index contributed by atoms with van der Waals surface area (Å²) in [6.45, 7) is 2.09. The summed E-state index contributed by atoms with van der Waals surface area (Å²) in [5.74, 6) is 0.649. The Bertz CT molecular complexity index is 529. The molecule has 4 heteroatoms. The lowest BCUT2D eigenvalue weighted by molar-refractivity contribution is 0.475. The molecule has 2 N–H and O–H groups in total. The third-order valence-electron chi connectivity index (χ3n) is 3.17. The number of rotatable bonds is 2. The van der Waals surface area contributed by atoms with E-state index in [-0.39, 0.29) is 11.4 Å². The summed E-state index contributed by atoms with van der Waals surface area (Å²) < 4.78 is 5.36. The molecule has 0 amide bonds. The van der Waals surface area contributed by atoms with Crippen molar-refractivity contribution < 1.29 is 4.42 Å². The predicted molar refractivity (Wildman–Crippen MR) is 59.9 cm³/mol. The molecular weight excluding hydrogens is 202 g/mol. The third kappa shape index (κ3) is 1.30. The van der Waals surface area contributed by atoms with Crippen molar-refractivity contribution in [1.29, 1.82) is 0 Å². The second-order valence-corrected chi connectivity index (χ2v) is 4.40. The van der Waals surface area contributed by atoms with Crippen molar-refractivity contribution in [2.24, 2.45) is 0 Å². The van der Waals surface area contributed by atoms with Crippen LogP contribution in [0.2, 0.25) is 0 Å². The zero-order chi connectivity index (χ0) is 11.2. The standard InChI is InChI=1S/C12H13N3O/c1-8-3-2-4-9(7-8)12(5-6-12)10-14-15-11(13)16-10/h2-4,7H,5-6H2,1H3,(H2,13,15). The first-order valence-corrected chi connectivity index (χ1v) is 5.37. The Morgan fingerprint density at radius 1 is 1.31 bits per heavy atom. The van der Waals surface area contributed by atoms with Gasteiger partial charge in [-0.05, 0) is 25.3 Å². The normalized spacial score (nSPS) is 17.3. The highest BCUT2D eigenvalue weighted by Gasteiger charge is 2.50. The lowest BCUT2D eigenvalue weighted by atomic mass is 9.94. The molecule has 0 unspecified atom stereocenters. The van der Waals surface area contributed by atoms with Crippen molar-refractivity contribution in [3.05, 3.63) is 41.3 Å². The molecule has 0 bridgehead atoms. The Labute approximate surface area is 93.5 Å². The number of hydrogen-bond acceptors (Lipinski definition) is 4. The van der Waals surface area contributed by atoms with Crippen LogP contribution < -0.4 is 5.73 Å². The predicted octanol–water partition coefficient (Wildman–Crippen LogP) is 2.04. The van der Waals surface area contributed by atoms with Crippen molar-refractivity contribution in [3.8, 4) is 0 Å². The largest absolute Gasteiger partial charge is 0.407 e. The minimum Gasteiger partial charge on any atom is -0.407 e. The molecule has 1 fully saturated rings. The van der Waals surface area contributed by atoms with Gasteiger partial charge >= 0.3 is 6.01 Å². The van der Waals surface area contributed by atoms with Crippen LogP contribution in [-0.2, 0) is 5.41 Å². The number of nitrogens with two attached hydrogens (primary N) is 1. The molecule has 1 heterocycles. The van der Waals surface area contributed by atoms with Crippen LogP contribution in [0.3, 0.4) is 0 Å². The summed E-state index contributed by atoms with van der Waals surface area (Å²) in [6.07, 6.45) is 2.11. The number of hydrogen-bond donors (Lipinski definition) is 1. The minimum atomic E-state index is -0.0728. The highest BCUT2D eigenvalue weighted by molar-refractivity contribution is 5.40. The summed E-state index contributed by atoms with van der Waals surface area (Å²) >= 11 is 0. The molecule has 16 heavy (non-hydrogen) atoms. The maximum absolute atomic E-state index is 5.47. The van der Waals surface area contributed by atoms with E-state index < -0.39 is 0 Å². The molecule has 1 aromatic carbocycles. The monoisotopic (exact) mass is 215 g/mol. The van der Waals surface area contributed by atoms with Crippen molar-refractivity contribution in [2.75, 3.05) is 5.73 Å². The van der Waals surface area contributed by atoms with Crippen LogP contribution in [0.15, 0.2) is 28.7 Å². The summed E-state index contributed by atoms with van der Waals surface area (Å²) in [7, 11) is 0. The van der Waals surface area contributed by atoms with Gasteiger partial charge in [0.15, 0.2) is 0 Å². The fourth-order valence-electron chi connectivity index (χ4n) is 2.12. The highest BCUT2D eigenvalue weighted by atomic mass is 16.4. The minimum absolute atomic E-state index is 0.0728. The van der Waals surface area contributed by atoms with Gasteiger partial charge in [-0.2, -0.15) is 0 Å². The molecule has 0 atom stereocenters. The van der Waals surface area contributed by atoms with E-state index in [9.17, 15) is 0 Å². The van der Waals surface area contributed by atoms with Crippen molar-refractivity contribution in [2.45, 2.75) is 25.2 Å². The average Bonchev–Trinajstić information content (AvgIpc) is 2.97. The third-order valence-corrected chi connectivity index (χ3v) is 3.17. The van der Waals surface area contributed by atoms with Crippen LogP contribution in [-0.4, -0.2) is 10.2 Å². The molecular formula is C12H13N3O. The lowest BCUT2D eigenvalue weighted by Gasteiger charge is -2.11. The van der Waals surface area contributed by atoms with E-state index in [1.807, 2.05) is 0 Å². The smallest absolute Gasteiger partial charge is 0.312 e. The molecule has 3 rings (SSSR count). The van der Waals surface area contributed by atoms with Gasteiger partial charge in [0.25, 0.3) is 0 Å². The number of nitrogens with zero attached hydrogens (tertiary/aromatic N) is 2. The van der Waals surface area contributed by atoms with E-state index in [1.165, 1.54) is 11.1 Å². The van der Waals surface area contributed by atoms with E-state index >= 15 is 0 Å². The van der Waals surface area contributed by atoms with Crippen molar-refractivity contribution in [3.63, 3.8) is 0 Å². The van der Waals surface area contributed by atoms with Gasteiger partial charge in [-0.25, -0.2) is 0 Å². The Kier molecular flexibility index (Phi) is 1.80. The Hall–Kier alpha value is -1.84. The summed E-state index contributed by atoms with van der Waals surface area (Å²) in [4.78, 5) is 0. The van der Waals surface area contributed by atoms with E-state index in [1.54, 1.807) is 0 Å². The first-order chi connectivity index (χ1) is 7.71. The quantitative estimate of drug-likeness (QED) is 0.832.